The zero-order valence-corrected chi connectivity index (χ0v) is 21.3. The zero-order chi connectivity index (χ0) is 24.7. The summed E-state index contributed by atoms with van der Waals surface area (Å²) in [6.07, 6.45) is 12.1. The van der Waals surface area contributed by atoms with Crippen LogP contribution in [0, 0.1) is 11.3 Å². The fraction of sp³-hybridized carbons (Fsp3) is 0.615. The highest BCUT2D eigenvalue weighted by Gasteiger charge is 2.43. The molecule has 1 saturated carbocycles. The van der Waals surface area contributed by atoms with E-state index in [0.717, 1.165) is 24.9 Å². The third-order valence-electron chi connectivity index (χ3n) is 7.81. The smallest absolute Gasteiger partial charge is 0.245 e. The Hall–Kier alpha value is -2.45. The van der Waals surface area contributed by atoms with Crippen LogP contribution in [0.2, 0.25) is 5.02 Å². The summed E-state index contributed by atoms with van der Waals surface area (Å²) in [5.74, 6) is 0.458. The normalized spacial score (nSPS) is 19.3. The van der Waals surface area contributed by atoms with E-state index in [4.69, 9.17) is 11.6 Å². The van der Waals surface area contributed by atoms with Crippen LogP contribution in [-0.2, 0) is 22.6 Å². The van der Waals surface area contributed by atoms with E-state index in [-0.39, 0.29) is 23.8 Å². The first kappa shape index (κ1) is 25.6. The average molecular weight is 501 g/mol. The molecule has 9 heteroatoms. The number of likely N-dealkylation sites (N-methyl/N-ethyl adjacent to an activating group) is 1. The lowest BCUT2D eigenvalue weighted by atomic mass is 9.63. The van der Waals surface area contributed by atoms with Gasteiger partial charge in [0.15, 0.2) is 0 Å². The summed E-state index contributed by atoms with van der Waals surface area (Å²) >= 11 is 6.04. The molecule has 190 valence electrons. The Labute approximate surface area is 212 Å². The molecule has 2 heterocycles. The Bertz CT molecular complexity index is 951. The number of halogens is 1. The highest BCUT2D eigenvalue weighted by molar-refractivity contribution is 6.30. The van der Waals surface area contributed by atoms with Gasteiger partial charge < -0.3 is 15.5 Å². The Morgan fingerprint density at radius 1 is 1.14 bits per heavy atom. The number of likely N-dealkylation sites (tertiary alicyclic amines) is 1. The minimum Gasteiger partial charge on any atom is -0.343 e. The number of nitrogens with zero attached hydrogens (tertiary/aromatic N) is 4. The SMILES string of the molecule is CNCC(=O)N[C@H](Cc1ccc(Cl)cc1)C(=O)N1CCC(Cn2cncn2)(C2CCCCC2)CC1. The molecule has 0 unspecified atom stereocenters. The van der Waals surface area contributed by atoms with Gasteiger partial charge in [-0.15, -0.1) is 0 Å². The Morgan fingerprint density at radius 2 is 1.86 bits per heavy atom. The van der Waals surface area contributed by atoms with Crippen LogP contribution in [0.3, 0.4) is 0 Å². The second-order valence-corrected chi connectivity index (χ2v) is 10.5. The van der Waals surface area contributed by atoms with Crippen LogP contribution in [0.4, 0.5) is 0 Å². The molecule has 4 rings (SSSR count). The van der Waals surface area contributed by atoms with Crippen LogP contribution in [0.15, 0.2) is 36.9 Å². The van der Waals surface area contributed by atoms with Crippen molar-refractivity contribution in [1.82, 2.24) is 30.3 Å². The molecular formula is C26H37ClN6O2. The summed E-state index contributed by atoms with van der Waals surface area (Å²) in [5, 5.41) is 10.9. The fourth-order valence-electron chi connectivity index (χ4n) is 5.90. The van der Waals surface area contributed by atoms with Crippen molar-refractivity contribution in [2.24, 2.45) is 11.3 Å². The van der Waals surface area contributed by atoms with Crippen LogP contribution in [0.25, 0.3) is 0 Å². The number of hydrogen-bond acceptors (Lipinski definition) is 5. The molecule has 1 aliphatic carbocycles. The molecular weight excluding hydrogens is 464 g/mol. The minimum atomic E-state index is -0.602. The van der Waals surface area contributed by atoms with Gasteiger partial charge in [-0.2, -0.15) is 5.10 Å². The van der Waals surface area contributed by atoms with Gasteiger partial charge in [0.25, 0.3) is 0 Å². The molecule has 2 aliphatic rings. The third kappa shape index (κ3) is 6.61. The van der Waals surface area contributed by atoms with Crippen molar-refractivity contribution in [3.05, 3.63) is 47.5 Å². The van der Waals surface area contributed by atoms with Crippen molar-refractivity contribution in [1.29, 1.82) is 0 Å². The largest absolute Gasteiger partial charge is 0.343 e. The number of hydrogen-bond donors (Lipinski definition) is 2. The zero-order valence-electron chi connectivity index (χ0n) is 20.6. The number of nitrogens with one attached hydrogen (secondary N) is 2. The molecule has 1 atom stereocenters. The lowest BCUT2D eigenvalue weighted by Gasteiger charge is -2.48. The number of benzene rings is 1. The van der Waals surface area contributed by atoms with Crippen LogP contribution in [0.5, 0.6) is 0 Å². The number of amides is 2. The first-order valence-electron chi connectivity index (χ1n) is 12.8. The van der Waals surface area contributed by atoms with Gasteiger partial charge in [-0.05, 0) is 61.8 Å². The van der Waals surface area contributed by atoms with Crippen molar-refractivity contribution in [3.63, 3.8) is 0 Å². The molecule has 1 aliphatic heterocycles. The number of piperidine rings is 1. The Balaban J connectivity index is 1.46. The predicted octanol–water partition coefficient (Wildman–Crippen LogP) is 3.07. The van der Waals surface area contributed by atoms with Gasteiger partial charge in [0.2, 0.25) is 11.8 Å². The first-order valence-corrected chi connectivity index (χ1v) is 13.2. The Morgan fingerprint density at radius 3 is 2.49 bits per heavy atom. The van der Waals surface area contributed by atoms with E-state index in [0.29, 0.717) is 30.5 Å². The number of aromatic nitrogens is 3. The summed E-state index contributed by atoms with van der Waals surface area (Å²) < 4.78 is 1.97. The third-order valence-corrected chi connectivity index (χ3v) is 8.06. The molecule has 2 fully saturated rings. The highest BCUT2D eigenvalue weighted by Crippen LogP contribution is 2.47. The summed E-state index contributed by atoms with van der Waals surface area (Å²) in [4.78, 5) is 32.1. The molecule has 2 aromatic rings. The predicted molar refractivity (Wildman–Crippen MR) is 136 cm³/mol. The molecule has 2 amide bonds. The van der Waals surface area contributed by atoms with Crippen LogP contribution in [-0.4, -0.2) is 64.2 Å². The lowest BCUT2D eigenvalue weighted by Crippen LogP contribution is -2.55. The van der Waals surface area contributed by atoms with Crippen molar-refractivity contribution < 1.29 is 9.59 Å². The Kier molecular flexibility index (Phi) is 8.78. The minimum absolute atomic E-state index is 0.0117. The van der Waals surface area contributed by atoms with Crippen LogP contribution < -0.4 is 10.6 Å². The van der Waals surface area contributed by atoms with E-state index in [9.17, 15) is 9.59 Å². The molecule has 0 spiro atoms. The molecule has 1 aromatic heterocycles. The molecule has 35 heavy (non-hydrogen) atoms. The topological polar surface area (TPSA) is 92.2 Å². The maximum atomic E-state index is 13.7. The van der Waals surface area contributed by atoms with Crippen molar-refractivity contribution in [3.8, 4) is 0 Å². The summed E-state index contributed by atoms with van der Waals surface area (Å²) in [6.45, 7) is 2.42. The lowest BCUT2D eigenvalue weighted by molar-refractivity contribution is -0.139. The molecule has 2 N–H and O–H groups in total. The van der Waals surface area contributed by atoms with E-state index in [1.807, 2.05) is 40.2 Å². The summed E-state index contributed by atoms with van der Waals surface area (Å²) in [7, 11) is 1.72. The van der Waals surface area contributed by atoms with Gasteiger partial charge in [0.1, 0.15) is 18.7 Å². The van der Waals surface area contributed by atoms with Gasteiger partial charge in [-0.3, -0.25) is 14.3 Å². The van der Waals surface area contributed by atoms with Crippen molar-refractivity contribution in [2.45, 2.75) is 64.0 Å². The van der Waals surface area contributed by atoms with E-state index < -0.39 is 6.04 Å². The number of carbonyl (C=O) groups excluding carboxylic acids is 2. The monoisotopic (exact) mass is 500 g/mol. The van der Waals surface area contributed by atoms with Gasteiger partial charge in [-0.25, -0.2) is 4.98 Å². The van der Waals surface area contributed by atoms with Crippen LogP contribution in [0.1, 0.15) is 50.5 Å². The first-order chi connectivity index (χ1) is 17.0. The van der Waals surface area contributed by atoms with Gasteiger partial charge in [0, 0.05) is 31.1 Å². The molecule has 1 saturated heterocycles. The van der Waals surface area contributed by atoms with Crippen molar-refractivity contribution in [2.75, 3.05) is 26.7 Å². The standard InChI is InChI=1S/C26H37ClN6O2/c1-28-16-24(34)31-23(15-20-7-9-22(27)10-8-20)25(35)32-13-11-26(12-14-32,17-33-19-29-18-30-33)21-5-3-2-4-6-21/h7-10,18-19,21,23,28H,2-6,11-17H2,1H3,(H,31,34)/t23-/m1/s1. The molecule has 0 bridgehead atoms. The van der Waals surface area contributed by atoms with E-state index >= 15 is 0 Å². The maximum absolute atomic E-state index is 13.7. The molecule has 1 aromatic carbocycles. The molecule has 0 radical (unpaired) electrons. The van der Waals surface area contributed by atoms with Crippen molar-refractivity contribution >= 4 is 23.4 Å². The van der Waals surface area contributed by atoms with Crippen LogP contribution >= 0.6 is 11.6 Å². The summed E-state index contributed by atoms with van der Waals surface area (Å²) in [5.41, 5.74) is 1.10. The van der Waals surface area contributed by atoms with E-state index in [1.54, 1.807) is 13.4 Å². The number of rotatable bonds is 9. The fourth-order valence-corrected chi connectivity index (χ4v) is 6.03. The highest BCUT2D eigenvalue weighted by atomic mass is 35.5. The number of carbonyl (C=O) groups is 2. The second-order valence-electron chi connectivity index (χ2n) is 10.1. The summed E-state index contributed by atoms with van der Waals surface area (Å²) in [6, 6.07) is 6.86. The maximum Gasteiger partial charge on any atom is 0.245 e. The molecule has 8 nitrogen and oxygen atoms in total. The van der Waals surface area contributed by atoms with Gasteiger partial charge >= 0.3 is 0 Å². The van der Waals surface area contributed by atoms with Gasteiger partial charge in [0.05, 0.1) is 6.54 Å². The van der Waals surface area contributed by atoms with E-state index in [2.05, 4.69) is 20.7 Å². The van der Waals surface area contributed by atoms with E-state index in [1.165, 1.54) is 32.1 Å². The average Bonchev–Trinajstić information content (AvgIpc) is 3.38. The second kappa shape index (κ2) is 12.0. The van der Waals surface area contributed by atoms with Gasteiger partial charge in [-0.1, -0.05) is 43.0 Å². The quantitative estimate of drug-likeness (QED) is 0.552.